The molecule has 2 aromatic carbocycles. The Morgan fingerprint density at radius 1 is 1.00 bits per heavy atom. The molecule has 1 aromatic heterocycles. The van der Waals surface area contributed by atoms with Crippen LogP contribution in [-0.2, 0) is 0 Å². The average molecular weight is 381 g/mol. The lowest BCUT2D eigenvalue weighted by Crippen LogP contribution is -2.32. The summed E-state index contributed by atoms with van der Waals surface area (Å²) in [6.07, 6.45) is 1.83. The van der Waals surface area contributed by atoms with Crippen molar-refractivity contribution in [1.29, 1.82) is 0 Å². The van der Waals surface area contributed by atoms with Gasteiger partial charge in [-0.25, -0.2) is 4.98 Å². The zero-order chi connectivity index (χ0) is 17.6. The molecule has 2 heterocycles. The molecule has 3 aromatic rings. The Labute approximate surface area is 162 Å². The number of benzene rings is 2. The van der Waals surface area contributed by atoms with Gasteiger partial charge in [0.1, 0.15) is 0 Å². The third-order valence-corrected chi connectivity index (χ3v) is 5.91. The van der Waals surface area contributed by atoms with E-state index in [-0.39, 0.29) is 0 Å². The van der Waals surface area contributed by atoms with E-state index in [1.54, 1.807) is 11.3 Å². The fourth-order valence-electron chi connectivity index (χ4n) is 2.82. The van der Waals surface area contributed by atoms with Crippen LogP contribution in [0, 0.1) is 0 Å². The van der Waals surface area contributed by atoms with Crippen molar-refractivity contribution in [3.05, 3.63) is 65.5 Å². The third kappa shape index (κ3) is 4.26. The van der Waals surface area contributed by atoms with E-state index in [1.807, 2.05) is 41.6 Å². The second-order valence-electron chi connectivity index (χ2n) is 5.96. The Hall–Kier alpha value is -2.31. The molecule has 0 saturated carbocycles. The molecule has 4 nitrogen and oxygen atoms in total. The monoisotopic (exact) mass is 380 g/mol. The van der Waals surface area contributed by atoms with Crippen LogP contribution in [0.3, 0.4) is 0 Å². The number of hydrogen-bond acceptors (Lipinski definition) is 6. The summed E-state index contributed by atoms with van der Waals surface area (Å²) in [5.74, 6) is 2.43. The minimum absolute atomic E-state index is 0.794. The summed E-state index contributed by atoms with van der Waals surface area (Å²) in [7, 11) is 0. The van der Waals surface area contributed by atoms with Crippen LogP contribution < -0.4 is 10.3 Å². The molecule has 0 bridgehead atoms. The van der Waals surface area contributed by atoms with E-state index in [2.05, 4.69) is 56.8 Å². The normalized spacial score (nSPS) is 14.7. The minimum Gasteiger partial charge on any atom is -0.370 e. The molecule has 6 heteroatoms. The minimum atomic E-state index is 0.794. The number of anilines is 2. The second-order valence-corrected chi connectivity index (χ2v) is 8.05. The number of nitrogens with one attached hydrogen (secondary N) is 1. The van der Waals surface area contributed by atoms with Crippen LogP contribution >= 0.6 is 23.1 Å². The average Bonchev–Trinajstić information content (AvgIpc) is 3.19. The van der Waals surface area contributed by atoms with Crippen LogP contribution in [0.4, 0.5) is 10.8 Å². The van der Waals surface area contributed by atoms with E-state index in [0.29, 0.717) is 0 Å². The first-order chi connectivity index (χ1) is 12.9. The first kappa shape index (κ1) is 17.1. The lowest BCUT2D eigenvalue weighted by atomic mass is 10.2. The van der Waals surface area contributed by atoms with Crippen molar-refractivity contribution >= 4 is 40.1 Å². The van der Waals surface area contributed by atoms with Gasteiger partial charge in [-0.3, -0.25) is 5.43 Å². The molecule has 0 radical (unpaired) electrons. The molecule has 0 unspecified atom stereocenters. The van der Waals surface area contributed by atoms with Gasteiger partial charge in [-0.1, -0.05) is 42.5 Å². The van der Waals surface area contributed by atoms with E-state index in [0.717, 1.165) is 35.0 Å². The summed E-state index contributed by atoms with van der Waals surface area (Å²) in [6.45, 7) is 2.26. The van der Waals surface area contributed by atoms with E-state index < -0.39 is 0 Å². The smallest absolute Gasteiger partial charge is 0.203 e. The van der Waals surface area contributed by atoms with Crippen molar-refractivity contribution in [2.75, 3.05) is 34.9 Å². The van der Waals surface area contributed by atoms with Crippen LogP contribution in [0.15, 0.2) is 65.1 Å². The Kier molecular flexibility index (Phi) is 5.52. The van der Waals surface area contributed by atoms with E-state index in [9.17, 15) is 0 Å². The van der Waals surface area contributed by atoms with E-state index in [1.165, 1.54) is 17.2 Å². The van der Waals surface area contributed by atoms with Gasteiger partial charge in [-0.15, -0.1) is 11.3 Å². The number of thiazole rings is 1. The van der Waals surface area contributed by atoms with Gasteiger partial charge in [0.25, 0.3) is 0 Å². The molecule has 1 aliphatic rings. The lowest BCUT2D eigenvalue weighted by Gasteiger charge is -2.28. The number of hydrogen-bond donors (Lipinski definition) is 1. The highest BCUT2D eigenvalue weighted by atomic mass is 32.2. The van der Waals surface area contributed by atoms with Crippen molar-refractivity contribution < 1.29 is 0 Å². The van der Waals surface area contributed by atoms with Gasteiger partial charge in [0.2, 0.25) is 5.13 Å². The van der Waals surface area contributed by atoms with Crippen molar-refractivity contribution in [3.63, 3.8) is 0 Å². The van der Waals surface area contributed by atoms with E-state index >= 15 is 0 Å². The number of rotatable bonds is 5. The van der Waals surface area contributed by atoms with Gasteiger partial charge in [0.05, 0.1) is 11.9 Å². The molecule has 1 saturated heterocycles. The molecule has 1 fully saturated rings. The zero-order valence-electron chi connectivity index (χ0n) is 14.3. The molecule has 132 valence electrons. The fraction of sp³-hybridized carbons (Fsp3) is 0.200. The number of thioether (sulfide) groups is 1. The molecular weight excluding hydrogens is 360 g/mol. The van der Waals surface area contributed by atoms with Gasteiger partial charge in [0, 0.05) is 41.2 Å². The van der Waals surface area contributed by atoms with Crippen LogP contribution in [0.2, 0.25) is 0 Å². The Morgan fingerprint density at radius 2 is 1.77 bits per heavy atom. The predicted octanol–water partition coefficient (Wildman–Crippen LogP) is 4.81. The summed E-state index contributed by atoms with van der Waals surface area (Å²) < 4.78 is 0. The fourth-order valence-corrected chi connectivity index (χ4v) is 4.39. The summed E-state index contributed by atoms with van der Waals surface area (Å²) in [5, 5.41) is 7.15. The van der Waals surface area contributed by atoms with Gasteiger partial charge in [-0.05, 0) is 17.7 Å². The third-order valence-electron chi connectivity index (χ3n) is 4.22. The Balaban J connectivity index is 1.36. The topological polar surface area (TPSA) is 40.5 Å². The largest absolute Gasteiger partial charge is 0.370 e. The van der Waals surface area contributed by atoms with Crippen LogP contribution in [0.5, 0.6) is 0 Å². The Morgan fingerprint density at radius 3 is 2.54 bits per heavy atom. The Bertz CT molecular complexity index is 853. The maximum atomic E-state index is 4.57. The highest BCUT2D eigenvalue weighted by Gasteiger charge is 2.10. The number of hydrazone groups is 1. The number of nitrogens with zero attached hydrogens (tertiary/aromatic N) is 3. The predicted molar refractivity (Wildman–Crippen MR) is 115 cm³/mol. The summed E-state index contributed by atoms with van der Waals surface area (Å²) in [6, 6.07) is 18.7. The standard InChI is InChI=1S/C20H20N4S2/c1-2-4-17(5-3-1)19-15-26-20(22-19)23-21-14-16-6-8-18(9-7-16)24-10-12-25-13-11-24/h1-9,14-15H,10-13H2,(H,22,23). The summed E-state index contributed by atoms with van der Waals surface area (Å²) in [4.78, 5) is 7.01. The second kappa shape index (κ2) is 8.38. The van der Waals surface area contributed by atoms with Crippen molar-refractivity contribution in [3.8, 4) is 11.3 Å². The molecule has 0 atom stereocenters. The molecule has 0 amide bonds. The summed E-state index contributed by atoms with van der Waals surface area (Å²) >= 11 is 3.59. The van der Waals surface area contributed by atoms with Crippen LogP contribution in [0.1, 0.15) is 5.56 Å². The molecular formula is C20H20N4S2. The SMILES string of the molecule is C(=NNc1nc(-c2ccccc2)cs1)c1ccc(N2CCSCC2)cc1. The van der Waals surface area contributed by atoms with Crippen molar-refractivity contribution in [2.45, 2.75) is 0 Å². The summed E-state index contributed by atoms with van der Waals surface area (Å²) in [5.41, 5.74) is 7.48. The molecule has 1 aliphatic heterocycles. The lowest BCUT2D eigenvalue weighted by molar-refractivity contribution is 0.859. The quantitative estimate of drug-likeness (QED) is 0.509. The maximum Gasteiger partial charge on any atom is 0.203 e. The highest BCUT2D eigenvalue weighted by molar-refractivity contribution is 7.99. The van der Waals surface area contributed by atoms with Crippen molar-refractivity contribution in [1.82, 2.24) is 4.98 Å². The highest BCUT2D eigenvalue weighted by Crippen LogP contribution is 2.24. The maximum absolute atomic E-state index is 4.57. The molecule has 0 spiro atoms. The first-order valence-electron chi connectivity index (χ1n) is 8.61. The zero-order valence-corrected chi connectivity index (χ0v) is 16.0. The number of aromatic nitrogens is 1. The molecule has 26 heavy (non-hydrogen) atoms. The van der Waals surface area contributed by atoms with Crippen molar-refractivity contribution in [2.24, 2.45) is 5.10 Å². The van der Waals surface area contributed by atoms with Gasteiger partial charge in [-0.2, -0.15) is 16.9 Å². The van der Waals surface area contributed by atoms with Gasteiger partial charge >= 0.3 is 0 Å². The van der Waals surface area contributed by atoms with Crippen LogP contribution in [0.25, 0.3) is 11.3 Å². The molecule has 0 aliphatic carbocycles. The van der Waals surface area contributed by atoms with Gasteiger partial charge < -0.3 is 4.90 Å². The first-order valence-corrected chi connectivity index (χ1v) is 10.6. The van der Waals surface area contributed by atoms with E-state index in [4.69, 9.17) is 0 Å². The molecule has 4 rings (SSSR count). The van der Waals surface area contributed by atoms with Gasteiger partial charge in [0.15, 0.2) is 0 Å². The van der Waals surface area contributed by atoms with Crippen LogP contribution in [-0.4, -0.2) is 35.8 Å². The molecule has 1 N–H and O–H groups in total.